The van der Waals surface area contributed by atoms with Gasteiger partial charge in [-0.2, -0.15) is 0 Å². The fourth-order valence-electron chi connectivity index (χ4n) is 0.827. The number of hydrogen-bond acceptors (Lipinski definition) is 0. The van der Waals surface area contributed by atoms with Gasteiger partial charge in [0.25, 0.3) is 0 Å². The van der Waals surface area contributed by atoms with Gasteiger partial charge in [-0.1, -0.05) is 12.8 Å². The quantitative estimate of drug-likeness (QED) is 0.573. The van der Waals surface area contributed by atoms with Crippen molar-refractivity contribution in [3.8, 4) is 36.0 Å². The van der Waals surface area contributed by atoms with E-state index in [1.807, 2.05) is 13.8 Å². The van der Waals surface area contributed by atoms with Gasteiger partial charge in [-0.15, -0.1) is 30.1 Å². The molecule has 0 heterocycles. The Kier molecular flexibility index (Phi) is 7.88. The number of terminal acetylenes is 1. The molecule has 0 heteroatoms. The van der Waals surface area contributed by atoms with Gasteiger partial charge in [0.1, 0.15) is 0 Å². The topological polar surface area (TPSA) is 0 Å². The summed E-state index contributed by atoms with van der Waals surface area (Å²) in [4.78, 5) is 0. The van der Waals surface area contributed by atoms with Gasteiger partial charge in [-0.3, -0.25) is 0 Å². The van der Waals surface area contributed by atoms with E-state index < -0.39 is 0 Å². The Morgan fingerprint density at radius 1 is 1.31 bits per heavy atom. The third-order valence-corrected chi connectivity index (χ3v) is 1.49. The molecule has 13 heavy (non-hydrogen) atoms. The molecule has 0 aromatic heterocycles. The molecule has 0 saturated heterocycles. The van der Waals surface area contributed by atoms with Crippen molar-refractivity contribution in [3.05, 3.63) is 5.92 Å². The maximum atomic E-state index is 5.19. The summed E-state index contributed by atoms with van der Waals surface area (Å²) >= 11 is 0. The summed E-state index contributed by atoms with van der Waals surface area (Å²) in [6, 6.07) is 0. The van der Waals surface area contributed by atoms with Crippen LogP contribution in [0.3, 0.4) is 0 Å². The van der Waals surface area contributed by atoms with Crippen LogP contribution < -0.4 is 0 Å². The molecule has 0 rings (SSSR count). The summed E-state index contributed by atoms with van der Waals surface area (Å²) in [6.07, 6.45) is 8.49. The Balaban J connectivity index is 4.01. The molecule has 0 aliphatic rings. The minimum absolute atomic E-state index is 0.763. The first-order valence-electron chi connectivity index (χ1n) is 4.51. The summed E-state index contributed by atoms with van der Waals surface area (Å²) in [7, 11) is 0. The molecule has 1 radical (unpaired) electrons. The lowest BCUT2D eigenvalue weighted by molar-refractivity contribution is 0.889. The van der Waals surface area contributed by atoms with Crippen molar-refractivity contribution in [1.29, 1.82) is 0 Å². The van der Waals surface area contributed by atoms with E-state index in [1.165, 1.54) is 0 Å². The van der Waals surface area contributed by atoms with E-state index in [0.29, 0.717) is 0 Å². The van der Waals surface area contributed by atoms with Crippen LogP contribution in [0.4, 0.5) is 0 Å². The summed E-state index contributed by atoms with van der Waals surface area (Å²) < 4.78 is 0. The van der Waals surface area contributed by atoms with Crippen LogP contribution >= 0.6 is 0 Å². The molecule has 0 fully saturated rings. The monoisotopic (exact) mass is 171 g/mol. The molecule has 0 aromatic carbocycles. The zero-order valence-electron chi connectivity index (χ0n) is 8.41. The van der Waals surface area contributed by atoms with Gasteiger partial charge < -0.3 is 0 Å². The molecule has 0 bridgehead atoms. The number of rotatable bonds is 3. The standard InChI is InChI=1S/C13H15/c1-4-7-10-13(11-8-5-2)12-9-6-3/h1H,5,7,10,12H2,2-3H3. The second-order valence-electron chi connectivity index (χ2n) is 2.57. The third-order valence-electron chi connectivity index (χ3n) is 1.49. The smallest absolute Gasteiger partial charge is 0.0607 e. The van der Waals surface area contributed by atoms with Crippen LogP contribution in [0.25, 0.3) is 0 Å². The fourth-order valence-corrected chi connectivity index (χ4v) is 0.827. The van der Waals surface area contributed by atoms with Crippen molar-refractivity contribution in [3.63, 3.8) is 0 Å². The molecule has 0 atom stereocenters. The van der Waals surface area contributed by atoms with Crippen LogP contribution in [-0.4, -0.2) is 0 Å². The third kappa shape index (κ3) is 7.05. The van der Waals surface area contributed by atoms with Gasteiger partial charge in [0.05, 0.1) is 5.92 Å². The van der Waals surface area contributed by atoms with Crippen LogP contribution in [0.2, 0.25) is 0 Å². The van der Waals surface area contributed by atoms with E-state index in [9.17, 15) is 0 Å². The van der Waals surface area contributed by atoms with Gasteiger partial charge in [-0.25, -0.2) is 0 Å². The van der Waals surface area contributed by atoms with Gasteiger partial charge in [0.2, 0.25) is 0 Å². The Bertz CT molecular complexity index is 269. The van der Waals surface area contributed by atoms with E-state index >= 15 is 0 Å². The maximum Gasteiger partial charge on any atom is 0.0607 e. The highest BCUT2D eigenvalue weighted by molar-refractivity contribution is 5.26. The normalized spacial score (nSPS) is 7.85. The Morgan fingerprint density at radius 3 is 2.62 bits per heavy atom. The van der Waals surface area contributed by atoms with Gasteiger partial charge >= 0.3 is 0 Å². The Morgan fingerprint density at radius 2 is 2.08 bits per heavy atom. The van der Waals surface area contributed by atoms with Crippen molar-refractivity contribution in [2.24, 2.45) is 0 Å². The Hall–Kier alpha value is -1.32. The lowest BCUT2D eigenvalue weighted by Crippen LogP contribution is -1.92. The van der Waals surface area contributed by atoms with E-state index in [4.69, 9.17) is 6.42 Å². The van der Waals surface area contributed by atoms with Gasteiger partial charge in [0.15, 0.2) is 0 Å². The van der Waals surface area contributed by atoms with E-state index in [0.717, 1.165) is 31.6 Å². The van der Waals surface area contributed by atoms with E-state index in [1.54, 1.807) is 0 Å². The SMILES string of the molecule is C#CCC[C](C#CCC)CC#CC. The second-order valence-corrected chi connectivity index (χ2v) is 2.57. The minimum Gasteiger partial charge on any atom is -0.120 e. The molecule has 0 aliphatic carbocycles. The largest absolute Gasteiger partial charge is 0.120 e. The predicted octanol–water partition coefficient (Wildman–Crippen LogP) is 2.80. The first-order valence-corrected chi connectivity index (χ1v) is 4.51. The number of hydrogen-bond donors (Lipinski definition) is 0. The molecule has 67 valence electrons. The molecule has 0 spiro atoms. The summed E-state index contributed by atoms with van der Waals surface area (Å²) in [5, 5.41) is 0. The van der Waals surface area contributed by atoms with Crippen LogP contribution in [0.15, 0.2) is 0 Å². The van der Waals surface area contributed by atoms with E-state index in [-0.39, 0.29) is 0 Å². The molecule has 0 N–H and O–H groups in total. The summed E-state index contributed by atoms with van der Waals surface area (Å²) in [6.45, 7) is 3.88. The predicted molar refractivity (Wildman–Crippen MR) is 57.4 cm³/mol. The highest BCUT2D eigenvalue weighted by Gasteiger charge is 2.02. The molecular formula is C13H15. The first-order chi connectivity index (χ1) is 6.35. The molecule has 0 amide bonds. The fraction of sp³-hybridized carbons (Fsp3) is 0.462. The second kappa shape index (κ2) is 8.77. The molecule has 0 nitrogen and oxygen atoms in total. The minimum atomic E-state index is 0.763. The van der Waals surface area contributed by atoms with Crippen LogP contribution in [0, 0.1) is 41.9 Å². The summed E-state index contributed by atoms with van der Waals surface area (Å²) in [5.41, 5.74) is 0. The molecule has 0 saturated carbocycles. The van der Waals surface area contributed by atoms with Crippen LogP contribution in [-0.2, 0) is 0 Å². The first kappa shape index (κ1) is 11.7. The molecule has 0 unspecified atom stereocenters. The highest BCUT2D eigenvalue weighted by atomic mass is 14.0. The van der Waals surface area contributed by atoms with Crippen LogP contribution in [0.5, 0.6) is 0 Å². The van der Waals surface area contributed by atoms with Gasteiger partial charge in [-0.05, 0) is 13.3 Å². The molecule has 0 aliphatic heterocycles. The molecule has 0 aromatic rings. The zero-order valence-corrected chi connectivity index (χ0v) is 8.41. The molecular weight excluding hydrogens is 156 g/mol. The van der Waals surface area contributed by atoms with Crippen LogP contribution in [0.1, 0.15) is 39.5 Å². The van der Waals surface area contributed by atoms with Crippen molar-refractivity contribution < 1.29 is 0 Å². The lowest BCUT2D eigenvalue weighted by atomic mass is 10.0. The van der Waals surface area contributed by atoms with E-state index in [2.05, 4.69) is 29.6 Å². The highest BCUT2D eigenvalue weighted by Crippen LogP contribution is 2.11. The Labute approximate surface area is 82.1 Å². The average molecular weight is 171 g/mol. The van der Waals surface area contributed by atoms with Crippen molar-refractivity contribution in [2.75, 3.05) is 0 Å². The zero-order chi connectivity index (χ0) is 9.94. The van der Waals surface area contributed by atoms with Crippen molar-refractivity contribution in [1.82, 2.24) is 0 Å². The van der Waals surface area contributed by atoms with Crippen molar-refractivity contribution in [2.45, 2.75) is 39.5 Å². The average Bonchev–Trinajstić information content (AvgIpc) is 2.17. The maximum absolute atomic E-state index is 5.19. The summed E-state index contributed by atoms with van der Waals surface area (Å²) in [5.74, 6) is 15.8. The van der Waals surface area contributed by atoms with Gasteiger partial charge in [0, 0.05) is 19.3 Å². The lowest BCUT2D eigenvalue weighted by Gasteiger charge is -2.01. The van der Waals surface area contributed by atoms with Crippen molar-refractivity contribution >= 4 is 0 Å².